The fourth-order valence-corrected chi connectivity index (χ4v) is 3.63. The van der Waals surface area contributed by atoms with Crippen molar-refractivity contribution in [2.75, 3.05) is 0 Å². The Morgan fingerprint density at radius 3 is 2.39 bits per heavy atom. The number of nitrogens with zero attached hydrogens (tertiary/aromatic N) is 5. The van der Waals surface area contributed by atoms with Crippen molar-refractivity contribution in [1.82, 2.24) is 24.1 Å². The average molecular weight is 390 g/mol. The van der Waals surface area contributed by atoms with Crippen LogP contribution in [0.4, 0.5) is 0 Å². The number of aryl methyl sites for hydroxylation is 1. The molecule has 0 saturated heterocycles. The molecule has 0 N–H and O–H groups in total. The first kappa shape index (κ1) is 16.9. The smallest absolute Gasteiger partial charge is 0.265 e. The van der Waals surface area contributed by atoms with Crippen LogP contribution in [0.15, 0.2) is 59.7 Å². The molecule has 0 aliphatic rings. The van der Waals surface area contributed by atoms with Crippen LogP contribution in [0.1, 0.15) is 13.3 Å². The fourth-order valence-electron chi connectivity index (χ4n) is 3.51. The molecule has 5 rings (SSSR count). The number of hydrogen-bond acceptors (Lipinski definition) is 4. The summed E-state index contributed by atoms with van der Waals surface area (Å²) in [4.78, 5) is 27.4. The number of para-hydroxylation sites is 2. The second kappa shape index (κ2) is 6.42. The Bertz CT molecular complexity index is 1400. The molecule has 0 radical (unpaired) electrons. The van der Waals surface area contributed by atoms with E-state index in [2.05, 4.69) is 4.98 Å². The third kappa shape index (κ3) is 2.49. The predicted octanol–water partition coefficient (Wildman–Crippen LogP) is 4.35. The highest BCUT2D eigenvalue weighted by molar-refractivity contribution is 6.30. The second-order valence-corrected chi connectivity index (χ2v) is 7.07. The molecule has 2 aromatic carbocycles. The summed E-state index contributed by atoms with van der Waals surface area (Å²) in [6.07, 6.45) is 2.44. The summed E-state index contributed by atoms with van der Waals surface area (Å²) >= 11 is 6.06. The average Bonchev–Trinajstić information content (AvgIpc) is 3.03. The number of aromatic nitrogens is 5. The Labute approximate surface area is 165 Å². The molecule has 0 amide bonds. The van der Waals surface area contributed by atoms with Gasteiger partial charge in [-0.15, -0.1) is 0 Å². The van der Waals surface area contributed by atoms with Gasteiger partial charge in [0.25, 0.3) is 5.56 Å². The maximum atomic E-state index is 13.2. The molecule has 5 aromatic rings. The zero-order valence-electron chi connectivity index (χ0n) is 15.1. The minimum absolute atomic E-state index is 0.103. The molecule has 0 saturated carbocycles. The SMILES string of the molecule is CCCn1cnc2c(c1=O)c1nc3ccccc3nc1n2-c1ccc(Cl)cc1. The van der Waals surface area contributed by atoms with E-state index in [-0.39, 0.29) is 5.56 Å². The number of hydrogen-bond donors (Lipinski definition) is 0. The number of benzene rings is 2. The first-order valence-corrected chi connectivity index (χ1v) is 9.47. The third-order valence-electron chi connectivity index (χ3n) is 4.78. The molecular weight excluding hydrogens is 374 g/mol. The van der Waals surface area contributed by atoms with Gasteiger partial charge in [-0.3, -0.25) is 13.9 Å². The molecule has 6 nitrogen and oxygen atoms in total. The van der Waals surface area contributed by atoms with E-state index >= 15 is 0 Å². The monoisotopic (exact) mass is 389 g/mol. The van der Waals surface area contributed by atoms with Gasteiger partial charge in [-0.25, -0.2) is 15.0 Å². The summed E-state index contributed by atoms with van der Waals surface area (Å²) in [5.41, 5.74) is 3.95. The molecule has 0 aliphatic heterocycles. The summed E-state index contributed by atoms with van der Waals surface area (Å²) in [7, 11) is 0. The molecule has 28 heavy (non-hydrogen) atoms. The minimum atomic E-state index is -0.103. The van der Waals surface area contributed by atoms with Crippen LogP contribution in [0.2, 0.25) is 5.02 Å². The van der Waals surface area contributed by atoms with Crippen LogP contribution < -0.4 is 5.56 Å². The van der Waals surface area contributed by atoms with E-state index in [4.69, 9.17) is 21.6 Å². The van der Waals surface area contributed by atoms with Gasteiger partial charge in [0.05, 0.1) is 17.4 Å². The van der Waals surface area contributed by atoms with Crippen molar-refractivity contribution in [2.45, 2.75) is 19.9 Å². The maximum Gasteiger partial charge on any atom is 0.265 e. The Balaban J connectivity index is 1.98. The van der Waals surface area contributed by atoms with Crippen molar-refractivity contribution < 1.29 is 0 Å². The summed E-state index contributed by atoms with van der Waals surface area (Å²) in [6, 6.07) is 15.0. The lowest BCUT2D eigenvalue weighted by Crippen LogP contribution is -2.20. The van der Waals surface area contributed by atoms with Crippen LogP contribution in [-0.2, 0) is 6.54 Å². The van der Waals surface area contributed by atoms with Crippen LogP contribution in [0.5, 0.6) is 0 Å². The standard InChI is InChI=1S/C21H16ClN5O/c1-2-11-26-12-23-19-17(21(26)28)18-20(25-16-6-4-3-5-15(16)24-18)27(19)14-9-7-13(22)8-10-14/h3-10,12H,2,11H2,1H3. The van der Waals surface area contributed by atoms with Crippen LogP contribution in [0, 0.1) is 0 Å². The van der Waals surface area contributed by atoms with Crippen LogP contribution in [0.3, 0.4) is 0 Å². The van der Waals surface area contributed by atoms with Gasteiger partial charge in [-0.2, -0.15) is 0 Å². The van der Waals surface area contributed by atoms with Crippen molar-refractivity contribution in [1.29, 1.82) is 0 Å². The minimum Gasteiger partial charge on any atom is -0.299 e. The zero-order valence-corrected chi connectivity index (χ0v) is 15.9. The summed E-state index contributed by atoms with van der Waals surface area (Å²) in [6.45, 7) is 2.64. The van der Waals surface area contributed by atoms with Gasteiger partial charge in [0, 0.05) is 17.3 Å². The van der Waals surface area contributed by atoms with Gasteiger partial charge in [-0.1, -0.05) is 30.7 Å². The summed E-state index contributed by atoms with van der Waals surface area (Å²) < 4.78 is 3.50. The van der Waals surface area contributed by atoms with E-state index in [1.165, 1.54) is 0 Å². The molecule has 7 heteroatoms. The normalized spacial score (nSPS) is 11.6. The molecular formula is C21H16ClN5O. The predicted molar refractivity (Wildman–Crippen MR) is 111 cm³/mol. The Kier molecular flexibility index (Phi) is 3.87. The van der Waals surface area contributed by atoms with Gasteiger partial charge < -0.3 is 0 Å². The molecule has 3 aromatic heterocycles. The van der Waals surface area contributed by atoms with E-state index < -0.39 is 0 Å². The van der Waals surface area contributed by atoms with Gasteiger partial charge in [0.15, 0.2) is 11.3 Å². The molecule has 0 spiro atoms. The largest absolute Gasteiger partial charge is 0.299 e. The van der Waals surface area contributed by atoms with Gasteiger partial charge in [0.2, 0.25) is 0 Å². The highest BCUT2D eigenvalue weighted by Gasteiger charge is 2.20. The van der Waals surface area contributed by atoms with Crippen molar-refractivity contribution in [2.24, 2.45) is 0 Å². The quantitative estimate of drug-likeness (QED) is 0.460. The van der Waals surface area contributed by atoms with Gasteiger partial charge >= 0.3 is 0 Å². The van der Waals surface area contributed by atoms with Crippen molar-refractivity contribution in [3.63, 3.8) is 0 Å². The molecule has 0 atom stereocenters. The lowest BCUT2D eigenvalue weighted by atomic mass is 10.3. The molecule has 0 unspecified atom stereocenters. The van der Waals surface area contributed by atoms with Crippen LogP contribution >= 0.6 is 11.6 Å². The van der Waals surface area contributed by atoms with Gasteiger partial charge in [-0.05, 0) is 42.8 Å². The Morgan fingerprint density at radius 2 is 1.68 bits per heavy atom. The van der Waals surface area contributed by atoms with E-state index in [0.717, 1.165) is 23.1 Å². The number of halogens is 1. The highest BCUT2D eigenvalue weighted by Crippen LogP contribution is 2.28. The molecule has 0 bridgehead atoms. The molecule has 138 valence electrons. The van der Waals surface area contributed by atoms with Gasteiger partial charge in [0.1, 0.15) is 10.9 Å². The van der Waals surface area contributed by atoms with E-state index in [0.29, 0.717) is 33.8 Å². The van der Waals surface area contributed by atoms with Crippen molar-refractivity contribution in [3.8, 4) is 5.69 Å². The van der Waals surface area contributed by atoms with E-state index in [1.807, 2.05) is 47.9 Å². The fraction of sp³-hybridized carbons (Fsp3) is 0.143. The second-order valence-electron chi connectivity index (χ2n) is 6.64. The van der Waals surface area contributed by atoms with Crippen LogP contribution in [0.25, 0.3) is 38.9 Å². The Morgan fingerprint density at radius 1 is 0.964 bits per heavy atom. The molecule has 0 aliphatic carbocycles. The summed E-state index contributed by atoms with van der Waals surface area (Å²) in [5, 5.41) is 1.12. The first-order valence-electron chi connectivity index (χ1n) is 9.09. The molecule has 0 fully saturated rings. The third-order valence-corrected chi connectivity index (χ3v) is 5.03. The number of fused-ring (bicyclic) bond motifs is 4. The topological polar surface area (TPSA) is 65.6 Å². The highest BCUT2D eigenvalue weighted by atomic mass is 35.5. The van der Waals surface area contributed by atoms with Crippen LogP contribution in [-0.4, -0.2) is 24.1 Å². The zero-order chi connectivity index (χ0) is 19.3. The maximum absolute atomic E-state index is 13.2. The van der Waals surface area contributed by atoms with E-state index in [9.17, 15) is 4.79 Å². The lowest BCUT2D eigenvalue weighted by molar-refractivity contribution is 0.647. The Hall–Kier alpha value is -3.25. The lowest BCUT2D eigenvalue weighted by Gasteiger charge is -2.07. The summed E-state index contributed by atoms with van der Waals surface area (Å²) in [5.74, 6) is 0. The molecule has 3 heterocycles. The van der Waals surface area contributed by atoms with E-state index in [1.54, 1.807) is 23.0 Å². The van der Waals surface area contributed by atoms with Crippen molar-refractivity contribution in [3.05, 3.63) is 70.2 Å². The first-order chi connectivity index (χ1) is 13.7. The van der Waals surface area contributed by atoms with Crippen molar-refractivity contribution >= 4 is 44.8 Å². The number of rotatable bonds is 3.